The molecule has 1 atom stereocenters. The second-order valence-corrected chi connectivity index (χ2v) is 8.41. The van der Waals surface area contributed by atoms with E-state index in [9.17, 15) is 26.7 Å². The fourth-order valence-electron chi connectivity index (χ4n) is 3.94. The number of aliphatic carboxylic acids is 1. The lowest BCUT2D eigenvalue weighted by molar-refractivity contribution is -0.141. The van der Waals surface area contributed by atoms with Crippen LogP contribution in [0.5, 0.6) is 0 Å². The lowest BCUT2D eigenvalue weighted by atomic mass is 9.74. The Bertz CT molecular complexity index is 1150. The summed E-state index contributed by atoms with van der Waals surface area (Å²) in [7, 11) is 0. The van der Waals surface area contributed by atoms with Crippen molar-refractivity contribution in [2.24, 2.45) is 5.92 Å². The van der Waals surface area contributed by atoms with Gasteiger partial charge in [-0.05, 0) is 35.7 Å². The van der Waals surface area contributed by atoms with Gasteiger partial charge in [-0.2, -0.15) is 13.2 Å². The summed E-state index contributed by atoms with van der Waals surface area (Å²) in [4.78, 5) is 18.2. The number of hydrogen-bond donors (Lipinski definition) is 3. The summed E-state index contributed by atoms with van der Waals surface area (Å²) in [5.41, 5.74) is 0.960. The van der Waals surface area contributed by atoms with Crippen LogP contribution in [0.2, 0.25) is 0 Å². The normalized spacial score (nSPS) is 16.4. The lowest BCUT2D eigenvalue weighted by Crippen LogP contribution is -2.41. The average molecular weight is 495 g/mol. The molecule has 0 spiro atoms. The molecule has 3 N–H and O–H groups in total. The van der Waals surface area contributed by atoms with Crippen molar-refractivity contribution in [1.29, 1.82) is 0 Å². The number of alkyl halides is 5. The Kier molecular flexibility index (Phi) is 6.64. The minimum atomic E-state index is -4.56. The number of carboxylic acids is 1. The van der Waals surface area contributed by atoms with Gasteiger partial charge < -0.3 is 15.7 Å². The predicted molar refractivity (Wildman–Crippen MR) is 118 cm³/mol. The van der Waals surface area contributed by atoms with E-state index in [4.69, 9.17) is 5.11 Å². The molecule has 4 rings (SSSR count). The van der Waals surface area contributed by atoms with Crippen molar-refractivity contribution >= 4 is 17.3 Å². The van der Waals surface area contributed by atoms with E-state index in [1.54, 1.807) is 30.3 Å². The Balaban J connectivity index is 1.48. The van der Waals surface area contributed by atoms with Gasteiger partial charge in [-0.1, -0.05) is 12.1 Å². The molecule has 1 aliphatic rings. The summed E-state index contributed by atoms with van der Waals surface area (Å²) in [5, 5.41) is 14.9. The van der Waals surface area contributed by atoms with Crippen LogP contribution in [0.4, 0.5) is 33.3 Å². The molecule has 0 amide bonds. The number of nitrogens with one attached hydrogen (secondary N) is 2. The standard InChI is InChI=1S/C23H22F5N5O2/c24-22(25)9-15(10-22)21(14-1-3-16(4-2-14)29-8-7-20(34)35)32-17-5-6-19(30-11-17)33-12-18(31-13-33)23(26,27)28/h1-6,11-13,15,21,29,32H,7-10H2,(H,34,35). The van der Waals surface area contributed by atoms with Crippen molar-refractivity contribution in [3.63, 3.8) is 0 Å². The van der Waals surface area contributed by atoms with E-state index in [1.165, 1.54) is 12.3 Å². The molecule has 0 radical (unpaired) electrons. The number of carbonyl (C=O) groups is 1. The van der Waals surface area contributed by atoms with Crippen LogP contribution in [0.25, 0.3) is 5.82 Å². The summed E-state index contributed by atoms with van der Waals surface area (Å²) in [6.45, 7) is 0.255. The van der Waals surface area contributed by atoms with Crippen molar-refractivity contribution in [2.75, 3.05) is 17.2 Å². The van der Waals surface area contributed by atoms with Crippen LogP contribution in [0.3, 0.4) is 0 Å². The average Bonchev–Trinajstić information content (AvgIpc) is 3.28. The number of imidazole rings is 1. The predicted octanol–water partition coefficient (Wildman–Crippen LogP) is 5.37. The van der Waals surface area contributed by atoms with E-state index < -0.39 is 29.8 Å². The van der Waals surface area contributed by atoms with Gasteiger partial charge in [0.25, 0.3) is 0 Å². The summed E-state index contributed by atoms with van der Waals surface area (Å²) in [6, 6.07) is 9.74. The Morgan fingerprint density at radius 1 is 1.11 bits per heavy atom. The zero-order chi connectivity index (χ0) is 25.2. The van der Waals surface area contributed by atoms with Crippen LogP contribution >= 0.6 is 0 Å². The first kappa shape index (κ1) is 24.4. The van der Waals surface area contributed by atoms with Gasteiger partial charge in [0.15, 0.2) is 5.69 Å². The molecule has 1 fully saturated rings. The maximum atomic E-state index is 13.6. The van der Waals surface area contributed by atoms with Crippen molar-refractivity contribution in [1.82, 2.24) is 14.5 Å². The number of halogens is 5. The monoisotopic (exact) mass is 495 g/mol. The number of anilines is 2. The number of pyridine rings is 1. The Labute approximate surface area is 197 Å². The zero-order valence-electron chi connectivity index (χ0n) is 18.3. The van der Waals surface area contributed by atoms with E-state index in [1.807, 2.05) is 0 Å². The smallest absolute Gasteiger partial charge is 0.434 e. The number of hydrogen-bond acceptors (Lipinski definition) is 5. The zero-order valence-corrected chi connectivity index (χ0v) is 18.3. The summed E-state index contributed by atoms with van der Waals surface area (Å²) in [5.74, 6) is -3.75. The summed E-state index contributed by atoms with van der Waals surface area (Å²) < 4.78 is 66.7. The minimum absolute atomic E-state index is 0.0390. The highest BCUT2D eigenvalue weighted by Crippen LogP contribution is 2.49. The highest BCUT2D eigenvalue weighted by atomic mass is 19.4. The molecule has 1 aliphatic carbocycles. The fourth-order valence-corrected chi connectivity index (χ4v) is 3.94. The Morgan fingerprint density at radius 3 is 2.34 bits per heavy atom. The SMILES string of the molecule is O=C(O)CCNc1ccc(C(Nc2ccc(-n3cnc(C(F)(F)F)c3)nc2)C2CC(F)(F)C2)cc1. The first-order valence-electron chi connectivity index (χ1n) is 10.8. The molecule has 7 nitrogen and oxygen atoms in total. The number of nitrogens with zero attached hydrogens (tertiary/aromatic N) is 3. The molecule has 0 bridgehead atoms. The first-order valence-corrected chi connectivity index (χ1v) is 10.8. The van der Waals surface area contributed by atoms with Crippen molar-refractivity contribution in [3.8, 4) is 5.82 Å². The molecule has 0 aliphatic heterocycles. The fraction of sp³-hybridized carbons (Fsp3) is 0.348. The maximum Gasteiger partial charge on any atom is 0.434 e. The van der Waals surface area contributed by atoms with E-state index in [-0.39, 0.29) is 37.5 Å². The van der Waals surface area contributed by atoms with Gasteiger partial charge in [0.2, 0.25) is 5.92 Å². The highest BCUT2D eigenvalue weighted by molar-refractivity contribution is 5.67. The van der Waals surface area contributed by atoms with Crippen LogP contribution in [0.1, 0.15) is 36.6 Å². The van der Waals surface area contributed by atoms with Crippen molar-refractivity contribution in [3.05, 3.63) is 66.4 Å². The number of benzene rings is 1. The number of carboxylic acid groups (broad SMARTS) is 1. The van der Waals surface area contributed by atoms with Crippen LogP contribution in [-0.2, 0) is 11.0 Å². The van der Waals surface area contributed by atoms with Crippen molar-refractivity contribution < 1.29 is 31.9 Å². The van der Waals surface area contributed by atoms with Gasteiger partial charge in [-0.3, -0.25) is 9.36 Å². The Morgan fingerprint density at radius 2 is 1.80 bits per heavy atom. The van der Waals surface area contributed by atoms with E-state index in [0.717, 1.165) is 22.7 Å². The molecule has 3 aromatic rings. The number of rotatable bonds is 9. The third-order valence-corrected chi connectivity index (χ3v) is 5.74. The van der Waals surface area contributed by atoms with E-state index >= 15 is 0 Å². The molecular formula is C23H22F5N5O2. The van der Waals surface area contributed by atoms with Gasteiger partial charge in [0.05, 0.1) is 24.3 Å². The second kappa shape index (κ2) is 9.51. The van der Waals surface area contributed by atoms with Crippen LogP contribution in [-0.4, -0.2) is 38.1 Å². The van der Waals surface area contributed by atoms with Crippen LogP contribution in [0.15, 0.2) is 55.1 Å². The molecular weight excluding hydrogens is 473 g/mol. The van der Waals surface area contributed by atoms with Gasteiger partial charge >= 0.3 is 12.1 Å². The van der Waals surface area contributed by atoms with Gasteiger partial charge in [-0.15, -0.1) is 0 Å². The lowest BCUT2D eigenvalue weighted by Gasteiger charge is -2.41. The van der Waals surface area contributed by atoms with Gasteiger partial charge in [0, 0.05) is 31.3 Å². The molecule has 35 heavy (non-hydrogen) atoms. The molecule has 0 saturated heterocycles. The second-order valence-electron chi connectivity index (χ2n) is 8.41. The molecule has 1 saturated carbocycles. The molecule has 12 heteroatoms. The van der Waals surface area contributed by atoms with Crippen LogP contribution < -0.4 is 10.6 Å². The quantitative estimate of drug-likeness (QED) is 0.346. The summed E-state index contributed by atoms with van der Waals surface area (Å²) >= 11 is 0. The maximum absolute atomic E-state index is 13.6. The molecule has 1 unspecified atom stereocenters. The summed E-state index contributed by atoms with van der Waals surface area (Å²) in [6.07, 6.45) is -1.87. The van der Waals surface area contributed by atoms with Crippen LogP contribution in [0, 0.1) is 5.92 Å². The van der Waals surface area contributed by atoms with Crippen molar-refractivity contribution in [2.45, 2.75) is 37.4 Å². The minimum Gasteiger partial charge on any atom is -0.481 e. The molecule has 2 aromatic heterocycles. The third kappa shape index (κ3) is 6.06. The largest absolute Gasteiger partial charge is 0.481 e. The van der Waals surface area contributed by atoms with E-state index in [0.29, 0.717) is 11.4 Å². The highest BCUT2D eigenvalue weighted by Gasteiger charge is 2.48. The first-order chi connectivity index (χ1) is 16.5. The Hall–Kier alpha value is -3.70. The van der Waals surface area contributed by atoms with Gasteiger partial charge in [0.1, 0.15) is 12.1 Å². The third-order valence-electron chi connectivity index (χ3n) is 5.74. The topological polar surface area (TPSA) is 92.1 Å². The molecule has 1 aromatic carbocycles. The number of aromatic nitrogens is 3. The molecule has 186 valence electrons. The molecule has 2 heterocycles. The van der Waals surface area contributed by atoms with Gasteiger partial charge in [-0.25, -0.2) is 18.7 Å². The van der Waals surface area contributed by atoms with E-state index in [2.05, 4.69) is 20.6 Å².